The van der Waals surface area contributed by atoms with Crippen LogP contribution in [-0.4, -0.2) is 56.2 Å². The highest BCUT2D eigenvalue weighted by atomic mass is 35.5. The molecule has 2 aliphatic rings. The van der Waals surface area contributed by atoms with Crippen LogP contribution < -0.4 is 4.74 Å². The quantitative estimate of drug-likeness (QED) is 0.616. The molecule has 0 spiro atoms. The molecule has 2 aromatic rings. The van der Waals surface area contributed by atoms with Crippen molar-refractivity contribution in [1.29, 1.82) is 0 Å². The Morgan fingerprint density at radius 2 is 2.03 bits per heavy atom. The molecule has 1 N–H and O–H groups in total. The van der Waals surface area contributed by atoms with E-state index in [1.807, 2.05) is 24.7 Å². The predicted octanol–water partition coefficient (Wildman–Crippen LogP) is 3.16. The number of aliphatic imine (C=N–C) groups is 1. The minimum absolute atomic E-state index is 0.318. The summed E-state index contributed by atoms with van der Waals surface area (Å²) in [5.74, 6) is 0.666. The summed E-state index contributed by atoms with van der Waals surface area (Å²) in [4.78, 5) is 23.4. The number of nitrogens with zero attached hydrogens (tertiary/aromatic N) is 5. The summed E-state index contributed by atoms with van der Waals surface area (Å²) in [6.45, 7) is 1.93. The van der Waals surface area contributed by atoms with E-state index in [9.17, 15) is 9.90 Å². The number of fused-ring (bicyclic) bond motifs is 2. The van der Waals surface area contributed by atoms with Crippen LogP contribution in [0.4, 0.5) is 5.69 Å². The number of benzene rings is 1. The Balaban J connectivity index is 1.25. The number of hydrogen-bond acceptors (Lipinski definition) is 6. The highest BCUT2D eigenvalue weighted by molar-refractivity contribution is 6.33. The van der Waals surface area contributed by atoms with Crippen molar-refractivity contribution >= 4 is 29.2 Å². The number of guanidine groups is 1. The summed E-state index contributed by atoms with van der Waals surface area (Å²) >= 11 is 6.56. The third-order valence-corrected chi connectivity index (χ3v) is 5.93. The second kappa shape index (κ2) is 9.06. The number of ether oxygens (including phenoxy) is 1. The highest BCUT2D eigenvalue weighted by Crippen LogP contribution is 2.40. The molecule has 4 rings (SSSR count). The Bertz CT molecular complexity index is 931. The molecule has 1 atom stereocenters. The van der Waals surface area contributed by atoms with Crippen molar-refractivity contribution < 1.29 is 14.6 Å². The summed E-state index contributed by atoms with van der Waals surface area (Å²) in [5.41, 5.74) is 1.46. The van der Waals surface area contributed by atoms with Crippen LogP contribution in [0.5, 0.6) is 5.75 Å². The number of halogens is 1. The van der Waals surface area contributed by atoms with E-state index < -0.39 is 6.23 Å². The number of aromatic nitrogens is 2. The maximum absolute atomic E-state index is 12.0. The summed E-state index contributed by atoms with van der Waals surface area (Å²) in [6, 6.07) is 3.67. The van der Waals surface area contributed by atoms with Gasteiger partial charge in [0.15, 0.2) is 0 Å². The van der Waals surface area contributed by atoms with Crippen LogP contribution >= 0.6 is 11.6 Å². The van der Waals surface area contributed by atoms with Gasteiger partial charge in [-0.1, -0.05) is 30.9 Å². The molecule has 8 nitrogen and oxygen atoms in total. The van der Waals surface area contributed by atoms with Crippen molar-refractivity contribution in [1.82, 2.24) is 19.4 Å². The van der Waals surface area contributed by atoms with E-state index in [2.05, 4.69) is 14.5 Å². The zero-order valence-electron chi connectivity index (χ0n) is 17.0. The molecule has 1 fully saturated rings. The molecule has 1 unspecified atom stereocenters. The number of amides is 1. The maximum atomic E-state index is 12.0. The van der Waals surface area contributed by atoms with Gasteiger partial charge in [-0.25, -0.2) is 9.98 Å². The van der Waals surface area contributed by atoms with E-state index in [0.29, 0.717) is 35.6 Å². The van der Waals surface area contributed by atoms with Crippen molar-refractivity contribution in [2.24, 2.45) is 4.99 Å². The van der Waals surface area contributed by atoms with Gasteiger partial charge in [0.25, 0.3) is 5.91 Å². The monoisotopic (exact) mass is 431 g/mol. The Morgan fingerprint density at radius 3 is 2.83 bits per heavy atom. The van der Waals surface area contributed by atoms with Gasteiger partial charge in [-0.3, -0.25) is 9.69 Å². The third kappa shape index (κ3) is 4.15. The summed E-state index contributed by atoms with van der Waals surface area (Å²) < 4.78 is 8.00. The van der Waals surface area contributed by atoms with Gasteiger partial charge >= 0.3 is 0 Å². The first-order valence-corrected chi connectivity index (χ1v) is 10.6. The average Bonchev–Trinajstić information content (AvgIpc) is 3.34. The molecule has 0 saturated carbocycles. The minimum atomic E-state index is -1.23. The van der Waals surface area contributed by atoms with Gasteiger partial charge in [-0.2, -0.15) is 0 Å². The fourth-order valence-electron chi connectivity index (χ4n) is 3.77. The molecule has 1 amide bonds. The number of aliphatic hydroxyl groups is 1. The normalized spacial score (nSPS) is 17.8. The van der Waals surface area contributed by atoms with Crippen molar-refractivity contribution in [3.05, 3.63) is 41.4 Å². The number of rotatable bonds is 9. The molecule has 2 aliphatic heterocycles. The van der Waals surface area contributed by atoms with Crippen LogP contribution in [0.1, 0.15) is 37.7 Å². The third-order valence-electron chi connectivity index (χ3n) is 5.51. The number of aliphatic hydroxyl groups excluding tert-OH is 1. The first kappa shape index (κ1) is 20.7. The Kier molecular flexibility index (Phi) is 6.24. The first-order chi connectivity index (χ1) is 14.6. The van der Waals surface area contributed by atoms with Gasteiger partial charge in [0.2, 0.25) is 12.2 Å². The SMILES string of the molecule is CN1C(=O)C(O)N2Cc3c(ccc(OCCCCCCCn4ccnc4)c3Cl)N=C12. The zero-order valence-corrected chi connectivity index (χ0v) is 17.8. The van der Waals surface area contributed by atoms with E-state index >= 15 is 0 Å². The minimum Gasteiger partial charge on any atom is -0.492 e. The van der Waals surface area contributed by atoms with Gasteiger partial charge in [0, 0.05) is 31.5 Å². The maximum Gasteiger partial charge on any atom is 0.279 e. The number of likely N-dealkylation sites (N-methyl/N-ethyl adjacent to an activating group) is 1. The fraction of sp³-hybridized carbons (Fsp3) is 0.476. The molecule has 3 heterocycles. The van der Waals surface area contributed by atoms with Gasteiger partial charge in [0.05, 0.1) is 30.2 Å². The number of carbonyl (C=O) groups is 1. The Morgan fingerprint density at radius 1 is 1.23 bits per heavy atom. The smallest absolute Gasteiger partial charge is 0.279 e. The van der Waals surface area contributed by atoms with Crippen molar-refractivity contribution in [3.63, 3.8) is 0 Å². The fourth-order valence-corrected chi connectivity index (χ4v) is 4.04. The average molecular weight is 432 g/mol. The second-order valence-corrected chi connectivity index (χ2v) is 7.98. The van der Waals surface area contributed by atoms with Crippen LogP contribution in [0.3, 0.4) is 0 Å². The standard InChI is InChI=1S/C21H26ClN5O3/c1-25-19(28)20(29)27-13-15-16(24-21(25)27)7-8-17(18(15)22)30-12-6-4-2-3-5-10-26-11-9-23-14-26/h7-9,11,14,20,29H,2-6,10,12-13H2,1H3. The second-order valence-electron chi connectivity index (χ2n) is 7.60. The van der Waals surface area contributed by atoms with E-state index in [1.54, 1.807) is 18.1 Å². The lowest BCUT2D eigenvalue weighted by molar-refractivity contribution is -0.136. The summed E-state index contributed by atoms with van der Waals surface area (Å²) in [7, 11) is 1.60. The van der Waals surface area contributed by atoms with Crippen LogP contribution in [0.25, 0.3) is 0 Å². The number of unbranched alkanes of at least 4 members (excludes halogenated alkanes) is 4. The topological polar surface area (TPSA) is 83.2 Å². The molecule has 0 radical (unpaired) electrons. The predicted molar refractivity (Wildman–Crippen MR) is 114 cm³/mol. The molecular weight excluding hydrogens is 406 g/mol. The Labute approximate surface area is 180 Å². The van der Waals surface area contributed by atoms with Crippen LogP contribution in [0.2, 0.25) is 5.02 Å². The van der Waals surface area contributed by atoms with Gasteiger partial charge in [0.1, 0.15) is 5.75 Å². The molecule has 0 aliphatic carbocycles. The van der Waals surface area contributed by atoms with Crippen molar-refractivity contribution in [2.75, 3.05) is 13.7 Å². The van der Waals surface area contributed by atoms with E-state index in [0.717, 1.165) is 31.4 Å². The van der Waals surface area contributed by atoms with Gasteiger partial charge in [-0.15, -0.1) is 0 Å². The van der Waals surface area contributed by atoms with Crippen molar-refractivity contribution in [3.8, 4) is 5.75 Å². The largest absolute Gasteiger partial charge is 0.492 e. The van der Waals surface area contributed by atoms with E-state index in [4.69, 9.17) is 16.3 Å². The molecule has 0 bridgehead atoms. The number of carbonyl (C=O) groups excluding carboxylic acids is 1. The van der Waals surface area contributed by atoms with E-state index in [-0.39, 0.29) is 5.91 Å². The van der Waals surface area contributed by atoms with E-state index in [1.165, 1.54) is 17.7 Å². The molecular formula is C21H26ClN5O3. The lowest BCUT2D eigenvalue weighted by Crippen LogP contribution is -2.37. The number of aryl methyl sites for hydroxylation is 1. The number of imidazole rings is 1. The molecule has 1 aromatic carbocycles. The molecule has 9 heteroatoms. The molecule has 1 aromatic heterocycles. The lowest BCUT2D eigenvalue weighted by Gasteiger charge is -2.27. The molecule has 30 heavy (non-hydrogen) atoms. The molecule has 160 valence electrons. The number of hydrogen-bond donors (Lipinski definition) is 1. The Hall–Kier alpha value is -2.58. The summed E-state index contributed by atoms with van der Waals surface area (Å²) in [5, 5.41) is 10.6. The molecule has 1 saturated heterocycles. The van der Waals surface area contributed by atoms with Crippen LogP contribution in [-0.2, 0) is 17.9 Å². The van der Waals surface area contributed by atoms with Gasteiger partial charge < -0.3 is 19.3 Å². The van der Waals surface area contributed by atoms with Gasteiger partial charge in [-0.05, 0) is 25.0 Å². The van der Waals surface area contributed by atoms with Crippen molar-refractivity contribution in [2.45, 2.75) is 51.4 Å². The van der Waals surface area contributed by atoms with Crippen LogP contribution in [0.15, 0.2) is 35.8 Å². The zero-order chi connectivity index (χ0) is 21.1. The highest BCUT2D eigenvalue weighted by Gasteiger charge is 2.42. The first-order valence-electron chi connectivity index (χ1n) is 10.3. The summed E-state index contributed by atoms with van der Waals surface area (Å²) in [6.07, 6.45) is 9.99. The van der Waals surface area contributed by atoms with Crippen LogP contribution in [0, 0.1) is 0 Å². The lowest BCUT2D eigenvalue weighted by atomic mass is 10.1.